The Morgan fingerprint density at radius 3 is 1.76 bits per heavy atom. The normalized spacial score (nSPS) is 9.83. The Labute approximate surface area is 168 Å². The van der Waals surface area contributed by atoms with E-state index in [2.05, 4.69) is 0 Å². The van der Waals surface area contributed by atoms with Crippen molar-refractivity contribution in [3.63, 3.8) is 0 Å². The highest BCUT2D eigenvalue weighted by Crippen LogP contribution is 2.18. The minimum atomic E-state index is -0.730. The molecule has 0 aliphatic rings. The van der Waals surface area contributed by atoms with Crippen molar-refractivity contribution in [2.45, 2.75) is 26.7 Å². The Kier molecular flexibility index (Phi) is 10.2. The first-order valence-corrected chi connectivity index (χ1v) is 8.91. The van der Waals surface area contributed by atoms with E-state index in [9.17, 15) is 18.4 Å². The number of hydrogen-bond acceptors (Lipinski definition) is 6. The van der Waals surface area contributed by atoms with Crippen LogP contribution < -0.4 is 4.74 Å². The topological polar surface area (TPSA) is 82.1 Å². The number of hydrogen-bond donors (Lipinski definition) is 1. The molecule has 0 unspecified atom stereocenters. The van der Waals surface area contributed by atoms with Crippen LogP contribution in [0.2, 0.25) is 0 Å². The molecule has 1 N–H and O–H groups in total. The van der Waals surface area contributed by atoms with Gasteiger partial charge in [-0.1, -0.05) is 12.1 Å². The summed E-state index contributed by atoms with van der Waals surface area (Å²) < 4.78 is 40.2. The van der Waals surface area contributed by atoms with E-state index in [4.69, 9.17) is 19.3 Å². The second-order valence-corrected chi connectivity index (χ2v) is 5.72. The number of rotatable bonds is 7. The highest BCUT2D eigenvalue weighted by molar-refractivity contribution is 5.73. The standard InChI is InChI=1S/C11H13FO3.C10H11FO3/c1-3-15-11(13)7-8-4-5-10(14-2)9(12)6-8;1-2-14-10(13)6-7-3-4-9(12)8(11)5-7/h4-6H,3,7H2,1-2H3;3-5,12H,2,6H2,1H3. The van der Waals surface area contributed by atoms with Gasteiger partial charge in [-0.2, -0.15) is 0 Å². The second kappa shape index (κ2) is 12.3. The number of halogens is 2. The maximum Gasteiger partial charge on any atom is 0.310 e. The van der Waals surface area contributed by atoms with Crippen LogP contribution in [0.15, 0.2) is 36.4 Å². The number of carbonyl (C=O) groups excluding carboxylic acids is 2. The van der Waals surface area contributed by atoms with Crippen LogP contribution in [0.5, 0.6) is 11.5 Å². The minimum absolute atomic E-state index is 0.0189. The number of phenolic OH excluding ortho intramolecular Hbond substituents is 1. The molecule has 0 spiro atoms. The summed E-state index contributed by atoms with van der Waals surface area (Å²) in [5.41, 5.74) is 1.06. The number of ether oxygens (including phenoxy) is 3. The third-order valence-corrected chi connectivity index (χ3v) is 3.54. The number of carbonyl (C=O) groups is 2. The van der Waals surface area contributed by atoms with Crippen molar-refractivity contribution < 1.29 is 37.7 Å². The Morgan fingerprint density at radius 2 is 1.34 bits per heavy atom. The van der Waals surface area contributed by atoms with Crippen LogP contribution in [0.3, 0.4) is 0 Å². The Morgan fingerprint density at radius 1 is 0.862 bits per heavy atom. The van der Waals surface area contributed by atoms with E-state index in [1.165, 1.54) is 31.4 Å². The largest absolute Gasteiger partial charge is 0.505 e. The molecule has 2 rings (SSSR count). The molecule has 0 bridgehead atoms. The average molecular weight is 410 g/mol. The van der Waals surface area contributed by atoms with E-state index < -0.39 is 23.4 Å². The van der Waals surface area contributed by atoms with Gasteiger partial charge in [-0.05, 0) is 49.2 Å². The number of phenols is 1. The summed E-state index contributed by atoms with van der Waals surface area (Å²) in [6.07, 6.45) is 0.0970. The first-order valence-electron chi connectivity index (χ1n) is 8.91. The van der Waals surface area contributed by atoms with Crippen LogP contribution in [0.25, 0.3) is 0 Å². The van der Waals surface area contributed by atoms with Gasteiger partial charge < -0.3 is 19.3 Å². The Bertz CT molecular complexity index is 823. The minimum Gasteiger partial charge on any atom is -0.505 e. The van der Waals surface area contributed by atoms with E-state index in [1.54, 1.807) is 19.9 Å². The molecule has 8 heteroatoms. The van der Waals surface area contributed by atoms with Crippen molar-refractivity contribution in [3.8, 4) is 11.5 Å². The van der Waals surface area contributed by atoms with Gasteiger partial charge in [0.15, 0.2) is 23.1 Å². The van der Waals surface area contributed by atoms with Crippen LogP contribution in [0.1, 0.15) is 25.0 Å². The fourth-order valence-corrected chi connectivity index (χ4v) is 2.24. The zero-order chi connectivity index (χ0) is 21.8. The third kappa shape index (κ3) is 8.59. The maximum absolute atomic E-state index is 13.2. The summed E-state index contributed by atoms with van der Waals surface area (Å²) >= 11 is 0. The molecule has 0 saturated heterocycles. The highest BCUT2D eigenvalue weighted by atomic mass is 19.1. The van der Waals surface area contributed by atoms with E-state index in [-0.39, 0.29) is 24.6 Å². The molecule has 0 saturated carbocycles. The molecule has 0 aliphatic carbocycles. The van der Waals surface area contributed by atoms with E-state index >= 15 is 0 Å². The fourth-order valence-electron chi connectivity index (χ4n) is 2.24. The average Bonchev–Trinajstić information content (AvgIpc) is 2.66. The van der Waals surface area contributed by atoms with Gasteiger partial charge in [0, 0.05) is 0 Å². The maximum atomic E-state index is 13.2. The lowest BCUT2D eigenvalue weighted by molar-refractivity contribution is -0.143. The smallest absolute Gasteiger partial charge is 0.310 e. The van der Waals surface area contributed by atoms with E-state index in [1.807, 2.05) is 0 Å². The first kappa shape index (κ1) is 23.9. The molecule has 0 aromatic heterocycles. The first-order chi connectivity index (χ1) is 13.8. The molecule has 0 heterocycles. The molecule has 0 amide bonds. The molecule has 29 heavy (non-hydrogen) atoms. The summed E-state index contributed by atoms with van der Waals surface area (Å²) in [6.45, 7) is 4.07. The summed E-state index contributed by atoms with van der Waals surface area (Å²) in [6, 6.07) is 8.21. The summed E-state index contributed by atoms with van der Waals surface area (Å²) in [5.74, 6) is -2.22. The van der Waals surface area contributed by atoms with Crippen LogP contribution >= 0.6 is 0 Å². The van der Waals surface area contributed by atoms with Gasteiger partial charge in [0.25, 0.3) is 0 Å². The molecule has 6 nitrogen and oxygen atoms in total. The zero-order valence-corrected chi connectivity index (χ0v) is 16.5. The number of benzene rings is 2. The molecule has 0 aliphatic heterocycles. The van der Waals surface area contributed by atoms with Crippen LogP contribution in [0, 0.1) is 11.6 Å². The molecule has 0 fully saturated rings. The van der Waals surface area contributed by atoms with Gasteiger partial charge in [-0.3, -0.25) is 9.59 Å². The van der Waals surface area contributed by atoms with Crippen LogP contribution in [-0.2, 0) is 31.9 Å². The lowest BCUT2D eigenvalue weighted by atomic mass is 10.1. The van der Waals surface area contributed by atoms with Crippen molar-refractivity contribution in [2.24, 2.45) is 0 Å². The zero-order valence-electron chi connectivity index (χ0n) is 16.5. The quantitative estimate of drug-likeness (QED) is 0.703. The monoisotopic (exact) mass is 410 g/mol. The molecular formula is C21H24F2O6. The molecule has 0 atom stereocenters. The van der Waals surface area contributed by atoms with Crippen molar-refractivity contribution in [2.75, 3.05) is 20.3 Å². The van der Waals surface area contributed by atoms with Crippen molar-refractivity contribution in [3.05, 3.63) is 59.2 Å². The summed E-state index contributed by atoms with van der Waals surface area (Å²) in [4.78, 5) is 22.1. The molecule has 2 aromatic rings. The van der Waals surface area contributed by atoms with E-state index in [0.717, 1.165) is 6.07 Å². The van der Waals surface area contributed by atoms with Crippen molar-refractivity contribution >= 4 is 11.9 Å². The SMILES string of the molecule is CCOC(=O)Cc1ccc(O)c(F)c1.CCOC(=O)Cc1ccc(OC)c(F)c1. The highest BCUT2D eigenvalue weighted by Gasteiger charge is 2.08. The Hall–Kier alpha value is -3.16. The van der Waals surface area contributed by atoms with Crippen LogP contribution in [-0.4, -0.2) is 37.4 Å². The summed E-state index contributed by atoms with van der Waals surface area (Å²) in [7, 11) is 1.39. The molecule has 2 aromatic carbocycles. The van der Waals surface area contributed by atoms with Gasteiger partial charge in [0.05, 0.1) is 33.2 Å². The van der Waals surface area contributed by atoms with Gasteiger partial charge in [0.2, 0.25) is 0 Å². The fraction of sp³-hybridized carbons (Fsp3) is 0.333. The van der Waals surface area contributed by atoms with Gasteiger partial charge in [0.1, 0.15) is 0 Å². The number of aromatic hydroxyl groups is 1. The third-order valence-electron chi connectivity index (χ3n) is 3.54. The summed E-state index contributed by atoms with van der Waals surface area (Å²) in [5, 5.41) is 8.89. The van der Waals surface area contributed by atoms with Crippen molar-refractivity contribution in [1.29, 1.82) is 0 Å². The molecule has 158 valence electrons. The molecule has 0 radical (unpaired) electrons. The van der Waals surface area contributed by atoms with Gasteiger partial charge in [-0.15, -0.1) is 0 Å². The Balaban J connectivity index is 0.000000291. The molecular weight excluding hydrogens is 386 g/mol. The number of esters is 2. The lowest BCUT2D eigenvalue weighted by Crippen LogP contribution is -2.07. The lowest BCUT2D eigenvalue weighted by Gasteiger charge is -2.04. The van der Waals surface area contributed by atoms with Crippen LogP contribution in [0.4, 0.5) is 8.78 Å². The van der Waals surface area contributed by atoms with Crippen molar-refractivity contribution in [1.82, 2.24) is 0 Å². The van der Waals surface area contributed by atoms with Gasteiger partial charge in [-0.25, -0.2) is 8.78 Å². The predicted octanol–water partition coefficient (Wildman–Crippen LogP) is 3.58. The number of methoxy groups -OCH3 is 1. The second-order valence-electron chi connectivity index (χ2n) is 5.72. The van der Waals surface area contributed by atoms with E-state index in [0.29, 0.717) is 24.3 Å². The predicted molar refractivity (Wildman–Crippen MR) is 102 cm³/mol. The van der Waals surface area contributed by atoms with Gasteiger partial charge >= 0.3 is 11.9 Å².